The van der Waals surface area contributed by atoms with Crippen LogP contribution < -0.4 is 0 Å². The lowest BCUT2D eigenvalue weighted by atomic mass is 9.85. The van der Waals surface area contributed by atoms with E-state index in [4.69, 9.17) is 4.42 Å². The molecule has 1 aliphatic carbocycles. The van der Waals surface area contributed by atoms with E-state index in [0.717, 1.165) is 29.1 Å². The summed E-state index contributed by atoms with van der Waals surface area (Å²) in [5.41, 5.74) is 1.94. The summed E-state index contributed by atoms with van der Waals surface area (Å²) in [5, 5.41) is 12.6. The molecule has 3 unspecified atom stereocenters. The Morgan fingerprint density at radius 3 is 3.09 bits per heavy atom. The van der Waals surface area contributed by atoms with Gasteiger partial charge >= 0.3 is 5.97 Å². The summed E-state index contributed by atoms with van der Waals surface area (Å²) in [7, 11) is 0. The Morgan fingerprint density at radius 2 is 2.30 bits per heavy atom. The lowest BCUT2D eigenvalue weighted by Crippen LogP contribution is -2.41. The topological polar surface area (TPSA) is 66.6 Å². The van der Waals surface area contributed by atoms with Crippen molar-refractivity contribution in [2.75, 3.05) is 0 Å². The number of carbonyl (C=O) groups is 1. The maximum atomic E-state index is 11.7. The van der Waals surface area contributed by atoms with Crippen LogP contribution in [0.25, 0.3) is 10.6 Å². The van der Waals surface area contributed by atoms with E-state index >= 15 is 0 Å². The van der Waals surface area contributed by atoms with E-state index in [9.17, 15) is 9.90 Å². The van der Waals surface area contributed by atoms with Crippen LogP contribution in [0.2, 0.25) is 0 Å². The number of fused-ring (bicyclic) bond motifs is 1. The number of likely N-dealkylation sites (tertiary alicyclic amines) is 1. The highest BCUT2D eigenvalue weighted by Crippen LogP contribution is 2.40. The number of carboxylic acid groups (broad SMARTS) is 1. The Hall–Kier alpha value is -1.66. The molecule has 1 saturated heterocycles. The molecule has 0 amide bonds. The number of aromatic nitrogens is 1. The minimum Gasteiger partial charge on any atom is -0.480 e. The molecule has 1 aliphatic heterocycles. The van der Waals surface area contributed by atoms with E-state index in [1.54, 1.807) is 23.9 Å². The standard InChI is InChI=1S/C17H20N2O3S/c20-17(21)15-7-11-3-1-2-4-14(11)19(15)8-13-10-23-16(18-13)12-5-6-22-9-12/h5-6,9-11,14-15H,1-4,7-8H2,(H,20,21). The van der Waals surface area contributed by atoms with Crippen molar-refractivity contribution in [3.05, 3.63) is 29.7 Å². The fourth-order valence-electron chi connectivity index (χ4n) is 4.11. The van der Waals surface area contributed by atoms with Crippen molar-refractivity contribution in [2.24, 2.45) is 5.92 Å². The molecule has 0 aromatic carbocycles. The monoisotopic (exact) mass is 332 g/mol. The fraction of sp³-hybridized carbons (Fsp3) is 0.529. The molecule has 0 spiro atoms. The van der Waals surface area contributed by atoms with Gasteiger partial charge in [-0.15, -0.1) is 11.3 Å². The van der Waals surface area contributed by atoms with E-state index in [1.165, 1.54) is 19.3 Å². The average Bonchev–Trinajstić information content (AvgIpc) is 3.26. The van der Waals surface area contributed by atoms with Gasteiger partial charge in [-0.2, -0.15) is 0 Å². The second kappa shape index (κ2) is 6.09. The highest BCUT2D eigenvalue weighted by molar-refractivity contribution is 7.13. The Kier molecular flexibility index (Phi) is 3.95. The lowest BCUT2D eigenvalue weighted by Gasteiger charge is -2.32. The van der Waals surface area contributed by atoms with Crippen LogP contribution in [0, 0.1) is 5.92 Å². The molecule has 4 rings (SSSR count). The number of carboxylic acids is 1. The predicted octanol–water partition coefficient (Wildman–Crippen LogP) is 3.62. The highest BCUT2D eigenvalue weighted by Gasteiger charge is 2.45. The quantitative estimate of drug-likeness (QED) is 0.926. The van der Waals surface area contributed by atoms with Crippen molar-refractivity contribution in [1.29, 1.82) is 0 Å². The molecule has 6 heteroatoms. The number of rotatable bonds is 4. The molecule has 3 atom stereocenters. The van der Waals surface area contributed by atoms with Gasteiger partial charge in [0.15, 0.2) is 0 Å². The second-order valence-corrected chi connectivity index (χ2v) is 7.39. The zero-order valence-corrected chi connectivity index (χ0v) is 13.7. The zero-order chi connectivity index (χ0) is 15.8. The number of furan rings is 1. The molecule has 2 aromatic rings. The van der Waals surface area contributed by atoms with Gasteiger partial charge in [0.1, 0.15) is 17.3 Å². The summed E-state index contributed by atoms with van der Waals surface area (Å²) in [5.74, 6) is -0.151. The van der Waals surface area contributed by atoms with E-state index in [-0.39, 0.29) is 6.04 Å². The zero-order valence-electron chi connectivity index (χ0n) is 12.9. The lowest BCUT2D eigenvalue weighted by molar-refractivity contribution is -0.142. The van der Waals surface area contributed by atoms with Crippen molar-refractivity contribution in [1.82, 2.24) is 9.88 Å². The first-order valence-corrected chi connectivity index (χ1v) is 9.06. The highest BCUT2D eigenvalue weighted by atomic mass is 32.1. The number of hydrogen-bond donors (Lipinski definition) is 1. The molecule has 23 heavy (non-hydrogen) atoms. The summed E-state index contributed by atoms with van der Waals surface area (Å²) in [6.07, 6.45) is 8.86. The first-order valence-electron chi connectivity index (χ1n) is 8.18. The SMILES string of the molecule is O=C(O)C1CC2CCCCC2N1Cc1csc(-c2ccoc2)n1. The Balaban J connectivity index is 1.55. The minimum atomic E-state index is -0.690. The van der Waals surface area contributed by atoms with E-state index in [1.807, 2.05) is 11.4 Å². The average molecular weight is 332 g/mol. The Morgan fingerprint density at radius 1 is 1.43 bits per heavy atom. The van der Waals surface area contributed by atoms with Crippen LogP contribution in [-0.4, -0.2) is 33.0 Å². The van der Waals surface area contributed by atoms with Gasteiger partial charge in [0.05, 0.1) is 12.0 Å². The molecule has 0 radical (unpaired) electrons. The third-order valence-electron chi connectivity index (χ3n) is 5.17. The Bertz CT molecular complexity index is 682. The molecular formula is C17H20N2O3S. The maximum Gasteiger partial charge on any atom is 0.320 e. The molecular weight excluding hydrogens is 312 g/mol. The summed E-state index contributed by atoms with van der Waals surface area (Å²) in [6.45, 7) is 0.631. The minimum absolute atomic E-state index is 0.359. The van der Waals surface area contributed by atoms with Crippen molar-refractivity contribution < 1.29 is 14.3 Å². The van der Waals surface area contributed by atoms with Crippen LogP contribution in [-0.2, 0) is 11.3 Å². The fourth-order valence-corrected chi connectivity index (χ4v) is 4.91. The Labute approximate surface area is 138 Å². The normalized spacial score (nSPS) is 27.9. The molecule has 2 aromatic heterocycles. The van der Waals surface area contributed by atoms with Crippen LogP contribution in [0.15, 0.2) is 28.4 Å². The molecule has 3 heterocycles. The van der Waals surface area contributed by atoms with Crippen LogP contribution >= 0.6 is 11.3 Å². The van der Waals surface area contributed by atoms with Gasteiger partial charge in [-0.05, 0) is 31.2 Å². The summed E-state index contributed by atoms with van der Waals surface area (Å²) < 4.78 is 5.11. The molecule has 122 valence electrons. The molecule has 1 N–H and O–H groups in total. The summed E-state index contributed by atoms with van der Waals surface area (Å²) in [6, 6.07) is 1.95. The van der Waals surface area contributed by atoms with Crippen LogP contribution in [0.5, 0.6) is 0 Å². The van der Waals surface area contributed by atoms with Crippen molar-refractivity contribution in [3.8, 4) is 10.6 Å². The molecule has 1 saturated carbocycles. The first kappa shape index (κ1) is 14.9. The van der Waals surface area contributed by atoms with Gasteiger partial charge in [0.25, 0.3) is 0 Å². The largest absolute Gasteiger partial charge is 0.480 e. The molecule has 2 fully saturated rings. The second-order valence-electron chi connectivity index (χ2n) is 6.53. The van der Waals surface area contributed by atoms with Gasteiger partial charge in [0, 0.05) is 23.5 Å². The smallest absolute Gasteiger partial charge is 0.320 e. The molecule has 0 bridgehead atoms. The third kappa shape index (κ3) is 2.81. The van der Waals surface area contributed by atoms with Gasteiger partial charge in [0.2, 0.25) is 0 Å². The van der Waals surface area contributed by atoms with Crippen molar-refractivity contribution in [2.45, 2.75) is 50.7 Å². The van der Waals surface area contributed by atoms with E-state index < -0.39 is 5.97 Å². The van der Waals surface area contributed by atoms with Crippen LogP contribution in [0.4, 0.5) is 0 Å². The third-order valence-corrected chi connectivity index (χ3v) is 6.11. The van der Waals surface area contributed by atoms with Crippen molar-refractivity contribution >= 4 is 17.3 Å². The predicted molar refractivity (Wildman–Crippen MR) is 87.1 cm³/mol. The van der Waals surface area contributed by atoms with Gasteiger partial charge in [-0.25, -0.2) is 4.98 Å². The number of thiazole rings is 1. The molecule has 2 aliphatic rings. The van der Waals surface area contributed by atoms with Gasteiger partial charge in [-0.1, -0.05) is 12.8 Å². The van der Waals surface area contributed by atoms with Crippen molar-refractivity contribution in [3.63, 3.8) is 0 Å². The van der Waals surface area contributed by atoms with Crippen LogP contribution in [0.3, 0.4) is 0 Å². The summed E-state index contributed by atoms with van der Waals surface area (Å²) >= 11 is 1.58. The maximum absolute atomic E-state index is 11.7. The summed E-state index contributed by atoms with van der Waals surface area (Å²) in [4.78, 5) is 18.5. The number of hydrogen-bond acceptors (Lipinski definition) is 5. The van der Waals surface area contributed by atoms with Gasteiger partial charge < -0.3 is 9.52 Å². The van der Waals surface area contributed by atoms with E-state index in [0.29, 0.717) is 18.5 Å². The van der Waals surface area contributed by atoms with E-state index in [2.05, 4.69) is 9.88 Å². The molecule has 5 nitrogen and oxygen atoms in total. The number of aliphatic carboxylic acids is 1. The van der Waals surface area contributed by atoms with Crippen LogP contribution in [0.1, 0.15) is 37.8 Å². The number of nitrogens with zero attached hydrogens (tertiary/aromatic N) is 2. The first-order chi connectivity index (χ1) is 11.2. The van der Waals surface area contributed by atoms with Gasteiger partial charge in [-0.3, -0.25) is 9.69 Å².